The summed E-state index contributed by atoms with van der Waals surface area (Å²) in [5.74, 6) is -2.25. The van der Waals surface area contributed by atoms with Crippen molar-refractivity contribution < 1.29 is 27.9 Å². The third kappa shape index (κ3) is 4.96. The normalized spacial score (nSPS) is 11.2. The summed E-state index contributed by atoms with van der Waals surface area (Å²) >= 11 is 5.96. The molecule has 0 spiro atoms. The second kappa shape index (κ2) is 8.54. The quantitative estimate of drug-likeness (QED) is 0.589. The number of pyridine rings is 1. The molecule has 0 aliphatic heterocycles. The van der Waals surface area contributed by atoms with Crippen molar-refractivity contribution in [3.05, 3.63) is 88.2 Å². The number of aromatic nitrogens is 1. The molecule has 2 N–H and O–H groups in total. The third-order valence-electron chi connectivity index (χ3n) is 4.23. The zero-order valence-electron chi connectivity index (χ0n) is 15.2. The van der Waals surface area contributed by atoms with Crippen molar-refractivity contribution in [3.63, 3.8) is 0 Å². The maximum Gasteiger partial charge on any atom is 0.417 e. The molecule has 3 rings (SSSR count). The number of halogens is 4. The second-order valence-corrected chi connectivity index (χ2v) is 6.74. The van der Waals surface area contributed by atoms with Gasteiger partial charge in [0.2, 0.25) is 0 Å². The van der Waals surface area contributed by atoms with Crippen LogP contribution in [0.3, 0.4) is 0 Å². The highest BCUT2D eigenvalue weighted by atomic mass is 35.5. The number of carboxylic acids is 1. The van der Waals surface area contributed by atoms with Gasteiger partial charge in [0.05, 0.1) is 11.1 Å². The number of carbonyl (C=O) groups excluding carboxylic acids is 1. The first kappa shape index (κ1) is 21.3. The van der Waals surface area contributed by atoms with Gasteiger partial charge < -0.3 is 10.4 Å². The molecule has 30 heavy (non-hydrogen) atoms. The highest BCUT2D eigenvalue weighted by molar-refractivity contribution is 6.30. The minimum Gasteiger partial charge on any atom is -0.478 e. The maximum absolute atomic E-state index is 12.9. The van der Waals surface area contributed by atoms with E-state index in [0.29, 0.717) is 11.1 Å². The molecular weight excluding hydrogens is 421 g/mol. The lowest BCUT2D eigenvalue weighted by Crippen LogP contribution is -2.24. The summed E-state index contributed by atoms with van der Waals surface area (Å²) in [4.78, 5) is 27.5. The highest BCUT2D eigenvalue weighted by Gasteiger charge is 2.35. The predicted molar refractivity (Wildman–Crippen MR) is 104 cm³/mol. The van der Waals surface area contributed by atoms with E-state index in [1.165, 1.54) is 12.3 Å². The van der Waals surface area contributed by atoms with Crippen LogP contribution in [0.5, 0.6) is 0 Å². The number of alkyl halides is 3. The Kier molecular flexibility index (Phi) is 6.07. The zero-order valence-corrected chi connectivity index (χ0v) is 16.0. The van der Waals surface area contributed by atoms with Crippen molar-refractivity contribution in [3.8, 4) is 11.1 Å². The summed E-state index contributed by atoms with van der Waals surface area (Å²) < 4.78 is 38.7. The molecule has 154 valence electrons. The van der Waals surface area contributed by atoms with Gasteiger partial charge in [-0.3, -0.25) is 9.78 Å². The second-order valence-electron chi connectivity index (χ2n) is 6.31. The Bertz CT molecular complexity index is 1100. The van der Waals surface area contributed by atoms with Gasteiger partial charge in [0.1, 0.15) is 5.69 Å². The summed E-state index contributed by atoms with van der Waals surface area (Å²) in [6.45, 7) is -0.158. The van der Waals surface area contributed by atoms with Gasteiger partial charge in [0, 0.05) is 23.3 Å². The number of aromatic carboxylic acids is 1. The molecule has 5 nitrogen and oxygen atoms in total. The fourth-order valence-electron chi connectivity index (χ4n) is 2.77. The van der Waals surface area contributed by atoms with E-state index in [-0.39, 0.29) is 17.8 Å². The van der Waals surface area contributed by atoms with E-state index in [9.17, 15) is 22.8 Å². The van der Waals surface area contributed by atoms with Gasteiger partial charge in [-0.25, -0.2) is 4.79 Å². The lowest BCUT2D eigenvalue weighted by molar-refractivity contribution is -0.138. The Labute approximate surface area is 174 Å². The molecular formula is C21H14ClF3N2O3. The minimum atomic E-state index is -4.79. The van der Waals surface area contributed by atoms with Gasteiger partial charge in [-0.1, -0.05) is 35.9 Å². The van der Waals surface area contributed by atoms with Crippen molar-refractivity contribution in [1.82, 2.24) is 10.3 Å². The van der Waals surface area contributed by atoms with Crippen LogP contribution in [-0.2, 0) is 12.7 Å². The molecule has 0 unspecified atom stereocenters. The molecule has 1 heterocycles. The molecule has 2 aromatic carbocycles. The number of rotatable bonds is 5. The van der Waals surface area contributed by atoms with Crippen LogP contribution < -0.4 is 5.32 Å². The molecule has 3 aromatic rings. The van der Waals surface area contributed by atoms with Crippen molar-refractivity contribution >= 4 is 23.5 Å². The average molecular weight is 435 g/mol. The van der Waals surface area contributed by atoms with Crippen molar-refractivity contribution in [2.24, 2.45) is 0 Å². The Hall–Kier alpha value is -3.39. The molecule has 0 aliphatic carbocycles. The Balaban J connectivity index is 1.71. The number of hydrogen-bond acceptors (Lipinski definition) is 3. The fourth-order valence-corrected chi connectivity index (χ4v) is 2.96. The van der Waals surface area contributed by atoms with Crippen LogP contribution in [0.1, 0.15) is 32.0 Å². The summed E-state index contributed by atoms with van der Waals surface area (Å²) in [6.07, 6.45) is -3.29. The van der Waals surface area contributed by atoms with Gasteiger partial charge in [-0.05, 0) is 41.5 Å². The first-order valence-electron chi connectivity index (χ1n) is 8.59. The van der Waals surface area contributed by atoms with E-state index in [1.54, 1.807) is 24.3 Å². The smallest absolute Gasteiger partial charge is 0.417 e. The molecule has 0 saturated heterocycles. The SMILES string of the molecule is O=C(NCc1ccc(C(F)(F)F)c(C(=O)O)c1)c1ccc(-c2cccc(Cl)c2)cn1. The minimum absolute atomic E-state index is 0.103. The molecule has 0 atom stereocenters. The van der Waals surface area contributed by atoms with Crippen molar-refractivity contribution in [2.45, 2.75) is 12.7 Å². The molecule has 0 saturated carbocycles. The summed E-state index contributed by atoms with van der Waals surface area (Å²) in [7, 11) is 0. The zero-order chi connectivity index (χ0) is 21.9. The Morgan fingerprint density at radius 2 is 1.80 bits per heavy atom. The average Bonchev–Trinajstić information content (AvgIpc) is 2.71. The van der Waals surface area contributed by atoms with E-state index in [4.69, 9.17) is 16.7 Å². The van der Waals surface area contributed by atoms with E-state index < -0.39 is 29.2 Å². The fraction of sp³-hybridized carbons (Fsp3) is 0.0952. The largest absolute Gasteiger partial charge is 0.478 e. The van der Waals surface area contributed by atoms with Gasteiger partial charge in [0.15, 0.2) is 0 Å². The highest BCUT2D eigenvalue weighted by Crippen LogP contribution is 2.32. The molecule has 1 aromatic heterocycles. The number of nitrogens with zero attached hydrogens (tertiary/aromatic N) is 1. The number of hydrogen-bond donors (Lipinski definition) is 2. The van der Waals surface area contributed by atoms with Crippen LogP contribution in [0.2, 0.25) is 5.02 Å². The molecule has 0 aliphatic rings. The van der Waals surface area contributed by atoms with Crippen LogP contribution in [0.4, 0.5) is 13.2 Å². The number of benzene rings is 2. The molecule has 1 amide bonds. The van der Waals surface area contributed by atoms with E-state index in [0.717, 1.165) is 23.3 Å². The van der Waals surface area contributed by atoms with Crippen LogP contribution in [-0.4, -0.2) is 22.0 Å². The van der Waals surface area contributed by atoms with Crippen molar-refractivity contribution in [1.29, 1.82) is 0 Å². The standard InChI is InChI=1S/C21H14ClF3N2O3/c22-15-3-1-2-13(9-15)14-5-7-18(26-11-14)19(28)27-10-12-4-6-17(21(23,24)25)16(8-12)20(29)30/h1-9,11H,10H2,(H,27,28)(H,29,30). The summed E-state index contributed by atoms with van der Waals surface area (Å²) in [6, 6.07) is 13.0. The van der Waals surface area contributed by atoms with Gasteiger partial charge in [-0.15, -0.1) is 0 Å². The van der Waals surface area contributed by atoms with Gasteiger partial charge >= 0.3 is 12.1 Å². The Morgan fingerprint density at radius 1 is 1.03 bits per heavy atom. The van der Waals surface area contributed by atoms with E-state index >= 15 is 0 Å². The first-order chi connectivity index (χ1) is 14.1. The van der Waals surface area contributed by atoms with Crippen LogP contribution in [0, 0.1) is 0 Å². The first-order valence-corrected chi connectivity index (χ1v) is 8.96. The maximum atomic E-state index is 12.9. The number of carbonyl (C=O) groups is 2. The van der Waals surface area contributed by atoms with Crippen LogP contribution in [0.15, 0.2) is 60.8 Å². The molecule has 0 fully saturated rings. The van der Waals surface area contributed by atoms with Crippen LogP contribution in [0.25, 0.3) is 11.1 Å². The number of nitrogens with one attached hydrogen (secondary N) is 1. The van der Waals surface area contributed by atoms with Crippen LogP contribution >= 0.6 is 11.6 Å². The summed E-state index contributed by atoms with van der Waals surface area (Å²) in [5, 5.41) is 12.1. The number of amides is 1. The van der Waals surface area contributed by atoms with E-state index in [1.807, 2.05) is 6.07 Å². The lowest BCUT2D eigenvalue weighted by atomic mass is 10.0. The summed E-state index contributed by atoms with van der Waals surface area (Å²) in [5.41, 5.74) is -0.229. The lowest BCUT2D eigenvalue weighted by Gasteiger charge is -2.12. The molecule has 9 heteroatoms. The van der Waals surface area contributed by atoms with Gasteiger partial charge in [0.25, 0.3) is 5.91 Å². The monoisotopic (exact) mass is 434 g/mol. The molecule has 0 bridgehead atoms. The third-order valence-corrected chi connectivity index (χ3v) is 4.46. The van der Waals surface area contributed by atoms with E-state index in [2.05, 4.69) is 10.3 Å². The van der Waals surface area contributed by atoms with Crippen molar-refractivity contribution in [2.75, 3.05) is 0 Å². The Morgan fingerprint density at radius 3 is 2.40 bits per heavy atom. The number of carboxylic acid groups (broad SMARTS) is 1. The predicted octanol–water partition coefficient (Wildman–Crippen LogP) is 5.05. The van der Waals surface area contributed by atoms with Gasteiger partial charge in [-0.2, -0.15) is 13.2 Å². The topological polar surface area (TPSA) is 79.3 Å². The molecule has 0 radical (unpaired) electrons.